The fourth-order valence-electron chi connectivity index (χ4n) is 4.60. The van der Waals surface area contributed by atoms with Gasteiger partial charge in [-0.15, -0.1) is 0 Å². The normalized spacial score (nSPS) is 11.4. The molecule has 2 nitrogen and oxygen atoms in total. The van der Waals surface area contributed by atoms with E-state index in [-0.39, 0.29) is 0 Å². The lowest BCUT2D eigenvalue weighted by molar-refractivity contribution is -0.703. The van der Waals surface area contributed by atoms with Crippen molar-refractivity contribution >= 4 is 0 Å². The summed E-state index contributed by atoms with van der Waals surface area (Å²) >= 11 is 0. The average Bonchev–Trinajstić information content (AvgIpc) is 3.19. The van der Waals surface area contributed by atoms with Crippen LogP contribution in [0.15, 0.2) is 12.4 Å². The summed E-state index contributed by atoms with van der Waals surface area (Å²) in [5, 5.41) is 0. The van der Waals surface area contributed by atoms with E-state index in [2.05, 4.69) is 35.8 Å². The van der Waals surface area contributed by atoms with Gasteiger partial charge in [0.15, 0.2) is 0 Å². The van der Waals surface area contributed by atoms with Gasteiger partial charge in [-0.3, -0.25) is 0 Å². The number of unbranched alkanes of at least 4 members (excludes halogenated alkanes) is 19. The molecule has 0 radical (unpaired) electrons. The minimum atomic E-state index is 1.17. The Morgan fingerprint density at radius 2 is 0.933 bits per heavy atom. The van der Waals surface area contributed by atoms with Gasteiger partial charge in [0, 0.05) is 6.42 Å². The third-order valence-electron chi connectivity index (χ3n) is 6.59. The van der Waals surface area contributed by atoms with Crippen LogP contribution in [0, 0.1) is 0 Å². The highest BCUT2D eigenvalue weighted by molar-refractivity contribution is 4.76. The molecule has 0 unspecified atom stereocenters. The van der Waals surface area contributed by atoms with Gasteiger partial charge in [0.1, 0.15) is 12.4 Å². The average molecular weight is 420 g/mol. The first-order chi connectivity index (χ1) is 14.9. The van der Waals surface area contributed by atoms with Gasteiger partial charge in [-0.1, -0.05) is 129 Å². The minimum absolute atomic E-state index is 1.17. The topological polar surface area (TPSA) is 19.7 Å². The number of hydrogen-bond donors (Lipinski definition) is 1. The Morgan fingerprint density at radius 3 is 1.33 bits per heavy atom. The molecule has 1 aromatic heterocycles. The standard InChI is InChI=1S/C28H54N2/c1-3-5-6-7-8-9-10-11-12-13-14-15-16-17-18-19-20-21-22-23-26-30-27-25-29-28(30)24-4-2/h25,27H,3-24,26H2,1-2H3/p+1. The molecule has 0 aliphatic heterocycles. The monoisotopic (exact) mass is 419 g/mol. The Labute approximate surface area is 189 Å². The first-order valence-corrected chi connectivity index (χ1v) is 13.9. The summed E-state index contributed by atoms with van der Waals surface area (Å²) in [5.41, 5.74) is 0. The number of H-pyrrole nitrogens is 1. The van der Waals surface area contributed by atoms with Gasteiger partial charge in [0.2, 0.25) is 0 Å². The first kappa shape index (κ1) is 27.2. The highest BCUT2D eigenvalue weighted by Crippen LogP contribution is 2.14. The Hall–Kier alpha value is -0.790. The number of aromatic nitrogens is 2. The van der Waals surface area contributed by atoms with E-state index < -0.39 is 0 Å². The molecule has 0 aromatic carbocycles. The third kappa shape index (κ3) is 16.0. The van der Waals surface area contributed by atoms with Gasteiger partial charge in [-0.2, -0.15) is 0 Å². The lowest BCUT2D eigenvalue weighted by atomic mass is 10.0. The zero-order chi connectivity index (χ0) is 21.5. The van der Waals surface area contributed by atoms with Crippen LogP contribution in [0.1, 0.15) is 155 Å². The van der Waals surface area contributed by atoms with Crippen molar-refractivity contribution in [1.29, 1.82) is 0 Å². The smallest absolute Gasteiger partial charge is 0.248 e. The van der Waals surface area contributed by atoms with Crippen molar-refractivity contribution in [3.05, 3.63) is 18.2 Å². The number of hydrogen-bond acceptors (Lipinski definition) is 0. The number of aromatic amines is 1. The van der Waals surface area contributed by atoms with Crippen molar-refractivity contribution in [3.63, 3.8) is 0 Å². The SMILES string of the molecule is CCCCCCCCCCCCCCCCCCCCCC[n+]1cc[nH]c1CCC. The van der Waals surface area contributed by atoms with Crippen LogP contribution in [0.2, 0.25) is 0 Å². The van der Waals surface area contributed by atoms with Crippen LogP contribution in [0.3, 0.4) is 0 Å². The minimum Gasteiger partial charge on any atom is -0.248 e. The summed E-state index contributed by atoms with van der Waals surface area (Å²) < 4.78 is 2.41. The molecule has 0 atom stereocenters. The molecule has 1 N–H and O–H groups in total. The quantitative estimate of drug-likeness (QED) is 0.135. The maximum Gasteiger partial charge on any atom is 0.254 e. The predicted octanol–water partition coefficient (Wildman–Crippen LogP) is 9.08. The second-order valence-corrected chi connectivity index (χ2v) is 9.57. The fourth-order valence-corrected chi connectivity index (χ4v) is 4.60. The van der Waals surface area contributed by atoms with Crippen molar-refractivity contribution in [3.8, 4) is 0 Å². The first-order valence-electron chi connectivity index (χ1n) is 13.9. The number of aryl methyl sites for hydroxylation is 2. The molecule has 0 fully saturated rings. The Morgan fingerprint density at radius 1 is 0.533 bits per heavy atom. The molecule has 0 saturated heterocycles. The van der Waals surface area contributed by atoms with E-state index in [9.17, 15) is 0 Å². The summed E-state index contributed by atoms with van der Waals surface area (Å²) in [6.07, 6.45) is 35.7. The maximum absolute atomic E-state index is 3.38. The van der Waals surface area contributed by atoms with E-state index in [1.807, 2.05) is 0 Å². The van der Waals surface area contributed by atoms with Crippen molar-refractivity contribution in [2.75, 3.05) is 0 Å². The summed E-state index contributed by atoms with van der Waals surface area (Å²) in [6.45, 7) is 5.75. The van der Waals surface area contributed by atoms with E-state index >= 15 is 0 Å². The Bertz CT molecular complexity index is 451. The van der Waals surface area contributed by atoms with Crippen LogP contribution in [0.25, 0.3) is 0 Å². The highest BCUT2D eigenvalue weighted by Gasteiger charge is 2.08. The predicted molar refractivity (Wildman–Crippen MR) is 133 cm³/mol. The van der Waals surface area contributed by atoms with Crippen molar-refractivity contribution < 1.29 is 4.57 Å². The van der Waals surface area contributed by atoms with Crippen molar-refractivity contribution in [2.45, 2.75) is 162 Å². The largest absolute Gasteiger partial charge is 0.254 e. The van der Waals surface area contributed by atoms with Crippen LogP contribution >= 0.6 is 0 Å². The fraction of sp³-hybridized carbons (Fsp3) is 0.893. The van der Waals surface area contributed by atoms with E-state index in [1.165, 1.54) is 154 Å². The van der Waals surface area contributed by atoms with Gasteiger partial charge >= 0.3 is 0 Å². The maximum atomic E-state index is 3.38. The van der Waals surface area contributed by atoms with Gasteiger partial charge in [0.25, 0.3) is 5.82 Å². The summed E-state index contributed by atoms with van der Waals surface area (Å²) in [7, 11) is 0. The van der Waals surface area contributed by atoms with Crippen LogP contribution < -0.4 is 4.57 Å². The molecule has 1 heterocycles. The molecule has 176 valence electrons. The molecule has 1 rings (SSSR count). The van der Waals surface area contributed by atoms with E-state index in [1.54, 1.807) is 0 Å². The molecule has 0 spiro atoms. The highest BCUT2D eigenvalue weighted by atomic mass is 15.1. The zero-order valence-electron chi connectivity index (χ0n) is 20.9. The molecular weight excluding hydrogens is 364 g/mol. The second-order valence-electron chi connectivity index (χ2n) is 9.57. The molecule has 0 amide bonds. The third-order valence-corrected chi connectivity index (χ3v) is 6.59. The Kier molecular flexibility index (Phi) is 19.5. The summed E-state index contributed by atoms with van der Waals surface area (Å²) in [6, 6.07) is 0. The second kappa shape index (κ2) is 21.4. The van der Waals surface area contributed by atoms with Crippen molar-refractivity contribution in [1.82, 2.24) is 4.98 Å². The molecule has 0 aliphatic carbocycles. The van der Waals surface area contributed by atoms with Gasteiger partial charge in [-0.25, -0.2) is 9.55 Å². The summed E-state index contributed by atoms with van der Waals surface area (Å²) in [5.74, 6) is 1.40. The molecule has 2 heteroatoms. The molecule has 0 saturated carbocycles. The molecule has 1 aromatic rings. The van der Waals surface area contributed by atoms with Gasteiger partial charge in [0.05, 0.1) is 6.54 Å². The van der Waals surface area contributed by atoms with E-state index in [0.29, 0.717) is 0 Å². The van der Waals surface area contributed by atoms with Gasteiger partial charge < -0.3 is 0 Å². The summed E-state index contributed by atoms with van der Waals surface area (Å²) in [4.78, 5) is 3.38. The van der Waals surface area contributed by atoms with Crippen LogP contribution in [0.4, 0.5) is 0 Å². The molecule has 30 heavy (non-hydrogen) atoms. The van der Waals surface area contributed by atoms with Crippen molar-refractivity contribution in [2.24, 2.45) is 0 Å². The van der Waals surface area contributed by atoms with Crippen LogP contribution in [0.5, 0.6) is 0 Å². The molecular formula is C28H55N2+. The number of rotatable bonds is 23. The number of imidazole rings is 1. The molecule has 0 bridgehead atoms. The zero-order valence-corrected chi connectivity index (χ0v) is 20.9. The van der Waals surface area contributed by atoms with Gasteiger partial charge in [-0.05, 0) is 19.3 Å². The Balaban J connectivity index is 1.72. The van der Waals surface area contributed by atoms with E-state index in [4.69, 9.17) is 0 Å². The van der Waals surface area contributed by atoms with E-state index in [0.717, 1.165) is 0 Å². The number of nitrogens with one attached hydrogen (secondary N) is 1. The lowest BCUT2D eigenvalue weighted by Gasteiger charge is -2.04. The molecule has 0 aliphatic rings. The van der Waals surface area contributed by atoms with Crippen LogP contribution in [-0.2, 0) is 13.0 Å². The van der Waals surface area contributed by atoms with Crippen LogP contribution in [-0.4, -0.2) is 4.98 Å². The number of nitrogens with zero attached hydrogens (tertiary/aromatic N) is 1. The lowest BCUT2D eigenvalue weighted by Crippen LogP contribution is -2.36.